The second-order valence-electron chi connectivity index (χ2n) is 3.55. The van der Waals surface area contributed by atoms with Crippen molar-refractivity contribution in [2.75, 3.05) is 0 Å². The number of nitrogens with zero attached hydrogens (tertiary/aromatic N) is 1. The van der Waals surface area contributed by atoms with Crippen LogP contribution >= 0.6 is 22.6 Å². The lowest BCUT2D eigenvalue weighted by Gasteiger charge is -2.09. The van der Waals surface area contributed by atoms with Crippen LogP contribution < -0.4 is 0 Å². The van der Waals surface area contributed by atoms with Gasteiger partial charge in [-0.25, -0.2) is 0 Å². The van der Waals surface area contributed by atoms with Gasteiger partial charge in [-0.1, -0.05) is 0 Å². The molecular weight excluding hydrogens is 293 g/mol. The maximum absolute atomic E-state index is 11.0. The topological polar surface area (TPSA) is 50.2 Å². The summed E-state index contributed by atoms with van der Waals surface area (Å²) in [7, 11) is 0. The van der Waals surface area contributed by atoms with Gasteiger partial charge in [0.05, 0.1) is 5.69 Å². The molecule has 0 radical (unpaired) electrons. The van der Waals surface area contributed by atoms with Gasteiger partial charge < -0.3 is 5.11 Å². The molecule has 1 N–H and O–H groups in total. The van der Waals surface area contributed by atoms with Crippen molar-refractivity contribution in [3.8, 4) is 0 Å². The second-order valence-corrected chi connectivity index (χ2v) is 4.80. The standard InChI is InChI=1S/C10H10INO2/c11-7-3-4-8(12-5-7)9(10(13)14)6-1-2-6/h3-6,9H,1-2H2,(H,13,14). The number of hydrogen-bond donors (Lipinski definition) is 1. The molecule has 1 aromatic heterocycles. The average molecular weight is 303 g/mol. The molecule has 0 amide bonds. The maximum Gasteiger partial charge on any atom is 0.312 e. The molecule has 1 aromatic rings. The number of pyridine rings is 1. The molecule has 1 heterocycles. The van der Waals surface area contributed by atoms with Gasteiger partial charge in [-0.15, -0.1) is 0 Å². The Balaban J connectivity index is 2.26. The SMILES string of the molecule is O=C(O)C(c1ccc(I)cn1)C1CC1. The smallest absolute Gasteiger partial charge is 0.312 e. The minimum Gasteiger partial charge on any atom is -0.481 e. The lowest BCUT2D eigenvalue weighted by molar-refractivity contribution is -0.139. The first-order chi connectivity index (χ1) is 6.68. The van der Waals surface area contributed by atoms with Crippen LogP contribution in [0.5, 0.6) is 0 Å². The monoisotopic (exact) mass is 303 g/mol. The minimum absolute atomic E-state index is 0.306. The summed E-state index contributed by atoms with van der Waals surface area (Å²) in [5, 5.41) is 9.06. The Labute approximate surface area is 95.7 Å². The van der Waals surface area contributed by atoms with Crippen molar-refractivity contribution >= 4 is 28.6 Å². The third-order valence-electron chi connectivity index (χ3n) is 2.43. The van der Waals surface area contributed by atoms with Gasteiger partial charge in [0.25, 0.3) is 0 Å². The van der Waals surface area contributed by atoms with Gasteiger partial charge in [-0.05, 0) is 53.5 Å². The van der Waals surface area contributed by atoms with E-state index >= 15 is 0 Å². The van der Waals surface area contributed by atoms with Crippen LogP contribution in [-0.2, 0) is 4.79 Å². The fourth-order valence-corrected chi connectivity index (χ4v) is 1.89. The summed E-state index contributed by atoms with van der Waals surface area (Å²) in [6, 6.07) is 3.72. The Hall–Kier alpha value is -0.650. The molecule has 1 aliphatic rings. The van der Waals surface area contributed by atoms with Crippen molar-refractivity contribution in [1.29, 1.82) is 0 Å². The van der Waals surface area contributed by atoms with Crippen LogP contribution in [0.2, 0.25) is 0 Å². The van der Waals surface area contributed by atoms with Crippen LogP contribution in [0.4, 0.5) is 0 Å². The summed E-state index contributed by atoms with van der Waals surface area (Å²) in [5.41, 5.74) is 0.695. The van der Waals surface area contributed by atoms with Crippen molar-refractivity contribution in [2.45, 2.75) is 18.8 Å². The number of hydrogen-bond acceptors (Lipinski definition) is 2. The van der Waals surface area contributed by atoms with E-state index in [9.17, 15) is 4.79 Å². The van der Waals surface area contributed by atoms with E-state index < -0.39 is 11.9 Å². The number of halogens is 1. The van der Waals surface area contributed by atoms with Crippen LogP contribution in [0.15, 0.2) is 18.3 Å². The maximum atomic E-state index is 11.0. The fourth-order valence-electron chi connectivity index (χ4n) is 1.57. The van der Waals surface area contributed by atoms with Crippen LogP contribution in [0, 0.1) is 9.49 Å². The highest BCUT2D eigenvalue weighted by molar-refractivity contribution is 14.1. The lowest BCUT2D eigenvalue weighted by Crippen LogP contribution is -2.15. The molecule has 1 fully saturated rings. The quantitative estimate of drug-likeness (QED) is 0.872. The highest BCUT2D eigenvalue weighted by atomic mass is 127. The molecule has 3 nitrogen and oxygen atoms in total. The van der Waals surface area contributed by atoms with E-state index in [4.69, 9.17) is 5.11 Å². The molecule has 0 bridgehead atoms. The molecule has 0 saturated heterocycles. The molecule has 1 aliphatic carbocycles. The van der Waals surface area contributed by atoms with E-state index in [1.165, 1.54) is 0 Å². The van der Waals surface area contributed by atoms with E-state index in [0.29, 0.717) is 11.6 Å². The number of carboxylic acids is 1. The van der Waals surface area contributed by atoms with Crippen LogP contribution in [0.25, 0.3) is 0 Å². The average Bonchev–Trinajstić information content (AvgIpc) is 2.92. The fraction of sp³-hybridized carbons (Fsp3) is 0.400. The Morgan fingerprint density at radius 1 is 1.57 bits per heavy atom. The van der Waals surface area contributed by atoms with Gasteiger partial charge in [0.2, 0.25) is 0 Å². The first kappa shape index (κ1) is 9.89. The molecule has 0 aromatic carbocycles. The van der Waals surface area contributed by atoms with E-state index in [1.54, 1.807) is 6.20 Å². The molecule has 1 unspecified atom stereocenters. The van der Waals surface area contributed by atoms with Gasteiger partial charge in [-0.2, -0.15) is 0 Å². The van der Waals surface area contributed by atoms with Gasteiger partial charge in [-0.3, -0.25) is 9.78 Å². The number of carbonyl (C=O) groups is 1. The molecule has 0 spiro atoms. The number of aliphatic carboxylic acids is 1. The van der Waals surface area contributed by atoms with Crippen molar-refractivity contribution in [3.63, 3.8) is 0 Å². The zero-order valence-electron chi connectivity index (χ0n) is 7.48. The Morgan fingerprint density at radius 3 is 2.71 bits per heavy atom. The summed E-state index contributed by atoms with van der Waals surface area (Å²) in [5.74, 6) is -0.840. The number of aromatic nitrogens is 1. The van der Waals surface area contributed by atoms with Gasteiger partial charge in [0.1, 0.15) is 5.92 Å². The highest BCUT2D eigenvalue weighted by Gasteiger charge is 2.38. The zero-order chi connectivity index (χ0) is 10.1. The van der Waals surface area contributed by atoms with Crippen LogP contribution in [0.3, 0.4) is 0 Å². The molecule has 74 valence electrons. The Bertz CT molecular complexity index is 346. The van der Waals surface area contributed by atoms with Crippen LogP contribution in [0.1, 0.15) is 24.5 Å². The van der Waals surface area contributed by atoms with Crippen molar-refractivity contribution < 1.29 is 9.90 Å². The lowest BCUT2D eigenvalue weighted by atomic mass is 9.99. The van der Waals surface area contributed by atoms with Crippen LogP contribution in [-0.4, -0.2) is 16.1 Å². The molecule has 2 rings (SSSR count). The molecule has 14 heavy (non-hydrogen) atoms. The predicted octanol–water partition coefficient (Wildman–Crippen LogP) is 2.26. The van der Waals surface area contributed by atoms with Gasteiger partial charge in [0, 0.05) is 9.77 Å². The van der Waals surface area contributed by atoms with Crippen molar-refractivity contribution in [1.82, 2.24) is 4.98 Å². The largest absolute Gasteiger partial charge is 0.481 e. The molecule has 1 atom stereocenters. The van der Waals surface area contributed by atoms with E-state index in [0.717, 1.165) is 16.4 Å². The number of rotatable bonds is 3. The van der Waals surface area contributed by atoms with E-state index in [2.05, 4.69) is 27.6 Å². The summed E-state index contributed by atoms with van der Waals surface area (Å²) in [6.07, 6.45) is 3.75. The summed E-state index contributed by atoms with van der Waals surface area (Å²) >= 11 is 2.16. The summed E-state index contributed by atoms with van der Waals surface area (Å²) < 4.78 is 1.03. The molecule has 0 aliphatic heterocycles. The first-order valence-corrected chi connectivity index (χ1v) is 5.60. The van der Waals surface area contributed by atoms with Gasteiger partial charge in [0.15, 0.2) is 0 Å². The van der Waals surface area contributed by atoms with E-state index in [-0.39, 0.29) is 0 Å². The van der Waals surface area contributed by atoms with E-state index in [1.807, 2.05) is 12.1 Å². The highest BCUT2D eigenvalue weighted by Crippen LogP contribution is 2.42. The minimum atomic E-state index is -0.749. The Kier molecular flexibility index (Phi) is 2.71. The summed E-state index contributed by atoms with van der Waals surface area (Å²) in [6.45, 7) is 0. The number of carboxylic acid groups (broad SMARTS) is 1. The second kappa shape index (κ2) is 3.84. The molecule has 4 heteroatoms. The van der Waals surface area contributed by atoms with Gasteiger partial charge >= 0.3 is 5.97 Å². The Morgan fingerprint density at radius 2 is 2.29 bits per heavy atom. The zero-order valence-corrected chi connectivity index (χ0v) is 9.64. The third kappa shape index (κ3) is 2.05. The normalized spacial score (nSPS) is 17.8. The summed E-state index contributed by atoms with van der Waals surface area (Å²) in [4.78, 5) is 15.2. The molecular formula is C10H10INO2. The molecule has 1 saturated carbocycles. The predicted molar refractivity (Wildman–Crippen MR) is 60.1 cm³/mol. The van der Waals surface area contributed by atoms with Crippen molar-refractivity contribution in [3.05, 3.63) is 27.6 Å². The first-order valence-electron chi connectivity index (χ1n) is 4.53. The third-order valence-corrected chi connectivity index (χ3v) is 3.07. The van der Waals surface area contributed by atoms with Crippen molar-refractivity contribution in [2.24, 2.45) is 5.92 Å².